The van der Waals surface area contributed by atoms with Crippen LogP contribution in [0.3, 0.4) is 0 Å². The minimum absolute atomic E-state index is 0.0213. The fourth-order valence-corrected chi connectivity index (χ4v) is 5.21. The molecule has 0 spiro atoms. The Balaban J connectivity index is 1.35. The van der Waals surface area contributed by atoms with Gasteiger partial charge in [-0.3, -0.25) is 4.79 Å². The van der Waals surface area contributed by atoms with Crippen LogP contribution in [0.25, 0.3) is 0 Å². The molecule has 2 aromatic heterocycles. The van der Waals surface area contributed by atoms with Crippen LogP contribution >= 0.6 is 22.9 Å². The van der Waals surface area contributed by atoms with Crippen molar-refractivity contribution < 1.29 is 4.79 Å². The molecule has 0 unspecified atom stereocenters. The van der Waals surface area contributed by atoms with E-state index < -0.39 is 0 Å². The first kappa shape index (κ1) is 20.4. The van der Waals surface area contributed by atoms with Crippen molar-refractivity contribution in [1.29, 1.82) is 0 Å². The number of halogens is 1. The van der Waals surface area contributed by atoms with Gasteiger partial charge in [-0.2, -0.15) is 4.98 Å². The summed E-state index contributed by atoms with van der Waals surface area (Å²) >= 11 is 7.26. The second kappa shape index (κ2) is 8.88. The highest BCUT2D eigenvalue weighted by molar-refractivity contribution is 7.18. The van der Waals surface area contributed by atoms with Crippen molar-refractivity contribution >= 4 is 40.6 Å². The predicted molar refractivity (Wildman–Crippen MR) is 119 cm³/mol. The van der Waals surface area contributed by atoms with Crippen molar-refractivity contribution in [2.75, 3.05) is 24.3 Å². The first-order valence-electron chi connectivity index (χ1n) is 10.4. The highest BCUT2D eigenvalue weighted by atomic mass is 35.5. The molecule has 0 atom stereocenters. The van der Waals surface area contributed by atoms with Gasteiger partial charge in [0, 0.05) is 31.7 Å². The van der Waals surface area contributed by atoms with E-state index in [0.29, 0.717) is 15.3 Å². The number of hydrogen-bond donors (Lipinski definition) is 2. The molecule has 8 heteroatoms. The fourth-order valence-electron chi connectivity index (χ4n) is 4.27. The van der Waals surface area contributed by atoms with E-state index in [1.807, 2.05) is 0 Å². The SMILES string of the molecule is CN(C)c1nc(N[C@H]2CC[C@@H](NC(=O)c3ccc(Cl)s3)CC2)nc2c1CCCC2. The fraction of sp³-hybridized carbons (Fsp3) is 0.571. The van der Waals surface area contributed by atoms with Gasteiger partial charge in [0.1, 0.15) is 5.82 Å². The quantitative estimate of drug-likeness (QED) is 0.736. The number of nitrogens with zero attached hydrogens (tertiary/aromatic N) is 3. The van der Waals surface area contributed by atoms with E-state index in [9.17, 15) is 4.79 Å². The Morgan fingerprint density at radius 2 is 1.83 bits per heavy atom. The molecule has 0 aromatic carbocycles. The molecule has 1 fully saturated rings. The maximum absolute atomic E-state index is 12.3. The number of carbonyl (C=O) groups excluding carboxylic acids is 1. The third-order valence-corrected chi connectivity index (χ3v) is 7.01. The van der Waals surface area contributed by atoms with Crippen LogP contribution in [0.5, 0.6) is 0 Å². The van der Waals surface area contributed by atoms with Crippen molar-refractivity contribution in [2.24, 2.45) is 0 Å². The monoisotopic (exact) mass is 433 g/mol. The zero-order chi connectivity index (χ0) is 20.4. The molecule has 0 bridgehead atoms. The molecule has 4 rings (SSSR count). The van der Waals surface area contributed by atoms with Gasteiger partial charge in [-0.25, -0.2) is 4.98 Å². The molecule has 0 aliphatic heterocycles. The van der Waals surface area contributed by atoms with Crippen LogP contribution in [0.2, 0.25) is 4.34 Å². The average Bonchev–Trinajstić information content (AvgIpc) is 3.15. The lowest BCUT2D eigenvalue weighted by molar-refractivity contribution is 0.0930. The number of amides is 1. The number of nitrogens with one attached hydrogen (secondary N) is 2. The summed E-state index contributed by atoms with van der Waals surface area (Å²) in [6.07, 6.45) is 8.43. The van der Waals surface area contributed by atoms with Gasteiger partial charge in [0.2, 0.25) is 5.95 Å². The van der Waals surface area contributed by atoms with Crippen molar-refractivity contribution in [3.63, 3.8) is 0 Å². The highest BCUT2D eigenvalue weighted by Crippen LogP contribution is 2.29. The summed E-state index contributed by atoms with van der Waals surface area (Å²) in [6.45, 7) is 0. The van der Waals surface area contributed by atoms with Gasteiger partial charge in [-0.1, -0.05) is 11.6 Å². The molecule has 2 heterocycles. The molecule has 2 aromatic rings. The third kappa shape index (κ3) is 4.83. The lowest BCUT2D eigenvalue weighted by atomic mass is 9.91. The van der Waals surface area contributed by atoms with Gasteiger partial charge in [0.15, 0.2) is 0 Å². The Labute approximate surface area is 181 Å². The summed E-state index contributed by atoms with van der Waals surface area (Å²) in [5.74, 6) is 1.77. The molecule has 29 heavy (non-hydrogen) atoms. The number of aromatic nitrogens is 2. The van der Waals surface area contributed by atoms with Crippen LogP contribution in [0.4, 0.5) is 11.8 Å². The van der Waals surface area contributed by atoms with E-state index in [1.54, 1.807) is 12.1 Å². The van der Waals surface area contributed by atoms with Crippen LogP contribution in [0, 0.1) is 0 Å². The highest BCUT2D eigenvalue weighted by Gasteiger charge is 2.25. The molecule has 2 aliphatic rings. The second-order valence-electron chi connectivity index (χ2n) is 8.17. The summed E-state index contributed by atoms with van der Waals surface area (Å²) in [6, 6.07) is 4.10. The first-order valence-corrected chi connectivity index (χ1v) is 11.6. The summed E-state index contributed by atoms with van der Waals surface area (Å²) in [5, 5.41) is 6.70. The van der Waals surface area contributed by atoms with Crippen LogP contribution in [-0.4, -0.2) is 42.1 Å². The maximum Gasteiger partial charge on any atom is 0.261 e. The molecule has 0 radical (unpaired) electrons. The smallest absolute Gasteiger partial charge is 0.261 e. The van der Waals surface area contributed by atoms with Crippen molar-refractivity contribution in [3.05, 3.63) is 32.6 Å². The van der Waals surface area contributed by atoms with Crippen LogP contribution in [0.15, 0.2) is 12.1 Å². The van der Waals surface area contributed by atoms with E-state index >= 15 is 0 Å². The summed E-state index contributed by atoms with van der Waals surface area (Å²) in [7, 11) is 4.10. The lowest BCUT2D eigenvalue weighted by Crippen LogP contribution is -2.40. The minimum atomic E-state index is -0.0213. The number of carbonyl (C=O) groups is 1. The standard InChI is InChI=1S/C21H28ClN5OS/c1-27(2)19-15-5-3-4-6-16(15)25-21(26-19)24-14-9-7-13(8-10-14)23-20(28)17-11-12-18(22)29-17/h11-14H,3-10H2,1-2H3,(H,23,28)(H,24,25,26)/t13-,14+. The van der Waals surface area contributed by atoms with Gasteiger partial charge < -0.3 is 15.5 Å². The summed E-state index contributed by atoms with van der Waals surface area (Å²) < 4.78 is 0.644. The molecule has 1 saturated carbocycles. The topological polar surface area (TPSA) is 70.2 Å². The maximum atomic E-state index is 12.3. The summed E-state index contributed by atoms with van der Waals surface area (Å²) in [4.78, 5) is 24.8. The molecule has 0 saturated heterocycles. The molecule has 2 aliphatic carbocycles. The first-order chi connectivity index (χ1) is 14.0. The van der Waals surface area contributed by atoms with Crippen molar-refractivity contribution in [2.45, 2.75) is 63.5 Å². The third-order valence-electron chi connectivity index (χ3n) is 5.78. The normalized spacial score (nSPS) is 21.3. The molecule has 156 valence electrons. The largest absolute Gasteiger partial charge is 0.362 e. The van der Waals surface area contributed by atoms with E-state index in [0.717, 1.165) is 50.3 Å². The van der Waals surface area contributed by atoms with Crippen molar-refractivity contribution in [1.82, 2.24) is 15.3 Å². The Morgan fingerprint density at radius 1 is 1.10 bits per heavy atom. The second-order valence-corrected chi connectivity index (χ2v) is 9.88. The number of fused-ring (bicyclic) bond motifs is 1. The number of anilines is 2. The summed E-state index contributed by atoms with van der Waals surface area (Å²) in [5.41, 5.74) is 2.51. The van der Waals surface area contributed by atoms with E-state index in [-0.39, 0.29) is 11.9 Å². The van der Waals surface area contributed by atoms with Gasteiger partial charge >= 0.3 is 0 Å². The number of rotatable bonds is 5. The van der Waals surface area contributed by atoms with Crippen molar-refractivity contribution in [3.8, 4) is 0 Å². The zero-order valence-corrected chi connectivity index (χ0v) is 18.6. The Kier molecular flexibility index (Phi) is 6.25. The Hall–Kier alpha value is -1.86. The van der Waals surface area contributed by atoms with Crippen LogP contribution < -0.4 is 15.5 Å². The zero-order valence-electron chi connectivity index (χ0n) is 17.0. The van der Waals surface area contributed by atoms with E-state index in [4.69, 9.17) is 21.6 Å². The number of hydrogen-bond acceptors (Lipinski definition) is 6. The average molecular weight is 434 g/mol. The van der Waals surface area contributed by atoms with Gasteiger partial charge in [0.05, 0.1) is 14.9 Å². The number of aryl methyl sites for hydroxylation is 1. The minimum Gasteiger partial charge on any atom is -0.362 e. The predicted octanol–water partition coefficient (Wildman–Crippen LogP) is 4.29. The molecular weight excluding hydrogens is 406 g/mol. The van der Waals surface area contributed by atoms with Gasteiger partial charge in [-0.15, -0.1) is 11.3 Å². The molecular formula is C21H28ClN5OS. The Bertz CT molecular complexity index is 876. The van der Waals surface area contributed by atoms with E-state index in [1.165, 1.54) is 35.4 Å². The lowest BCUT2D eigenvalue weighted by Gasteiger charge is -2.30. The molecule has 6 nitrogen and oxygen atoms in total. The van der Waals surface area contributed by atoms with Gasteiger partial charge in [0.25, 0.3) is 5.91 Å². The molecule has 2 N–H and O–H groups in total. The van der Waals surface area contributed by atoms with Gasteiger partial charge in [-0.05, 0) is 63.5 Å². The van der Waals surface area contributed by atoms with Crippen LogP contribution in [0.1, 0.15) is 59.5 Å². The van der Waals surface area contributed by atoms with Crippen LogP contribution in [-0.2, 0) is 12.8 Å². The van der Waals surface area contributed by atoms with E-state index in [2.05, 4.69) is 29.6 Å². The number of thiophene rings is 1. The molecule has 1 amide bonds. The Morgan fingerprint density at radius 3 is 2.52 bits per heavy atom.